The van der Waals surface area contributed by atoms with Gasteiger partial charge in [0.1, 0.15) is 0 Å². The summed E-state index contributed by atoms with van der Waals surface area (Å²) < 4.78 is 0. The van der Waals surface area contributed by atoms with E-state index in [1.807, 2.05) is 30.3 Å². The van der Waals surface area contributed by atoms with Crippen molar-refractivity contribution in [2.75, 3.05) is 23.3 Å². The van der Waals surface area contributed by atoms with E-state index in [2.05, 4.69) is 28.2 Å². The third kappa shape index (κ3) is 2.94. The number of carbonyl (C=O) groups is 1. The summed E-state index contributed by atoms with van der Waals surface area (Å²) in [6.07, 6.45) is 2.74. The molecule has 0 saturated carbocycles. The van der Waals surface area contributed by atoms with Crippen LogP contribution in [0, 0.1) is 0 Å². The highest BCUT2D eigenvalue weighted by molar-refractivity contribution is 6.32. The third-order valence-corrected chi connectivity index (χ3v) is 4.85. The van der Waals surface area contributed by atoms with Crippen LogP contribution in [0.5, 0.6) is 0 Å². The number of nitrogens with zero attached hydrogens (tertiary/aromatic N) is 2. The number of amides is 1. The highest BCUT2D eigenvalue weighted by atomic mass is 35.5. The van der Waals surface area contributed by atoms with Crippen molar-refractivity contribution in [1.82, 2.24) is 4.98 Å². The van der Waals surface area contributed by atoms with Crippen molar-refractivity contribution in [1.29, 1.82) is 0 Å². The molecule has 126 valence electrons. The van der Waals surface area contributed by atoms with E-state index in [1.165, 1.54) is 11.3 Å². The van der Waals surface area contributed by atoms with E-state index in [-0.39, 0.29) is 5.91 Å². The van der Waals surface area contributed by atoms with Crippen LogP contribution in [0.2, 0.25) is 5.02 Å². The zero-order chi connectivity index (χ0) is 17.4. The molecule has 1 amide bonds. The van der Waals surface area contributed by atoms with Gasteiger partial charge in [-0.3, -0.25) is 9.78 Å². The molecule has 0 fully saturated rings. The second-order valence-corrected chi connectivity index (χ2v) is 6.59. The minimum Gasteiger partial charge on any atom is -0.371 e. The first-order valence-corrected chi connectivity index (χ1v) is 8.77. The maximum absolute atomic E-state index is 12.8. The van der Waals surface area contributed by atoms with E-state index in [0.29, 0.717) is 16.1 Å². The van der Waals surface area contributed by atoms with E-state index < -0.39 is 0 Å². The predicted molar refractivity (Wildman–Crippen MR) is 103 cm³/mol. The summed E-state index contributed by atoms with van der Waals surface area (Å²) in [5.41, 5.74) is 4.45. The lowest BCUT2D eigenvalue weighted by Crippen LogP contribution is -2.19. The summed E-state index contributed by atoms with van der Waals surface area (Å²) in [7, 11) is 0. The molecule has 1 aliphatic heterocycles. The Morgan fingerprint density at radius 2 is 2.16 bits per heavy atom. The largest absolute Gasteiger partial charge is 0.371 e. The van der Waals surface area contributed by atoms with Crippen molar-refractivity contribution >= 4 is 39.8 Å². The Kier molecular flexibility index (Phi) is 4.06. The van der Waals surface area contributed by atoms with Gasteiger partial charge in [0.05, 0.1) is 11.1 Å². The molecule has 2 aromatic carbocycles. The fourth-order valence-corrected chi connectivity index (χ4v) is 3.61. The summed E-state index contributed by atoms with van der Waals surface area (Å²) in [4.78, 5) is 19.5. The minimum atomic E-state index is -0.202. The third-order valence-electron chi connectivity index (χ3n) is 4.63. The number of carbonyl (C=O) groups excluding carboxylic acids is 1. The summed E-state index contributed by atoms with van der Waals surface area (Å²) in [5.74, 6) is -0.202. The van der Waals surface area contributed by atoms with E-state index in [9.17, 15) is 4.79 Å². The molecular weight excluding hydrogens is 334 g/mol. The van der Waals surface area contributed by atoms with Crippen molar-refractivity contribution in [3.05, 3.63) is 64.8 Å². The van der Waals surface area contributed by atoms with Gasteiger partial charge >= 0.3 is 0 Å². The van der Waals surface area contributed by atoms with E-state index >= 15 is 0 Å². The standard InChI is InChI=1S/C20H18ClN3O/c1-2-24-9-7-13-5-6-16(12-18(13)24)23-20(25)17-11-15(21)10-14-4-3-8-22-19(14)17/h3-6,8,10-12H,2,7,9H2,1H3,(H,23,25). The summed E-state index contributed by atoms with van der Waals surface area (Å²) >= 11 is 6.17. The number of rotatable bonds is 3. The SMILES string of the molecule is CCN1CCc2ccc(NC(=O)c3cc(Cl)cc4cccnc34)cc21. The van der Waals surface area contributed by atoms with Gasteiger partial charge in [-0.05, 0) is 49.2 Å². The first-order chi connectivity index (χ1) is 12.2. The smallest absolute Gasteiger partial charge is 0.257 e. The maximum atomic E-state index is 12.8. The summed E-state index contributed by atoms with van der Waals surface area (Å²) in [5, 5.41) is 4.37. The maximum Gasteiger partial charge on any atom is 0.257 e. The number of hydrogen-bond donors (Lipinski definition) is 1. The molecule has 0 saturated heterocycles. The lowest BCUT2D eigenvalue weighted by Gasteiger charge is -2.17. The van der Waals surface area contributed by atoms with Gasteiger partial charge in [0, 0.05) is 41.1 Å². The Hall–Kier alpha value is -2.59. The molecule has 25 heavy (non-hydrogen) atoms. The quantitative estimate of drug-likeness (QED) is 0.754. The molecule has 1 N–H and O–H groups in total. The number of fused-ring (bicyclic) bond motifs is 2. The van der Waals surface area contributed by atoms with E-state index in [4.69, 9.17) is 11.6 Å². The molecule has 0 aliphatic carbocycles. The Morgan fingerprint density at radius 3 is 3.00 bits per heavy atom. The van der Waals surface area contributed by atoms with Crippen LogP contribution in [0.15, 0.2) is 48.7 Å². The van der Waals surface area contributed by atoms with Gasteiger partial charge < -0.3 is 10.2 Å². The van der Waals surface area contributed by atoms with Crippen molar-refractivity contribution in [3.63, 3.8) is 0 Å². The van der Waals surface area contributed by atoms with Gasteiger partial charge in [0.2, 0.25) is 0 Å². The second-order valence-electron chi connectivity index (χ2n) is 6.16. The van der Waals surface area contributed by atoms with Crippen LogP contribution < -0.4 is 10.2 Å². The molecule has 3 aromatic rings. The Balaban J connectivity index is 1.67. The van der Waals surface area contributed by atoms with Crippen LogP contribution in [0.4, 0.5) is 11.4 Å². The normalized spacial score (nSPS) is 13.1. The van der Waals surface area contributed by atoms with Crippen LogP contribution in [0.25, 0.3) is 10.9 Å². The first kappa shape index (κ1) is 15.9. The zero-order valence-electron chi connectivity index (χ0n) is 13.9. The number of benzene rings is 2. The zero-order valence-corrected chi connectivity index (χ0v) is 14.7. The Bertz CT molecular complexity index is 970. The van der Waals surface area contributed by atoms with Gasteiger partial charge in [-0.15, -0.1) is 0 Å². The van der Waals surface area contributed by atoms with Gasteiger partial charge in [-0.2, -0.15) is 0 Å². The number of pyridine rings is 1. The van der Waals surface area contributed by atoms with Crippen molar-refractivity contribution in [2.24, 2.45) is 0 Å². The van der Waals surface area contributed by atoms with Crippen molar-refractivity contribution < 1.29 is 4.79 Å². The molecule has 0 atom stereocenters. The molecule has 2 heterocycles. The molecule has 0 spiro atoms. The molecule has 1 aromatic heterocycles. The second kappa shape index (κ2) is 6.37. The highest BCUT2D eigenvalue weighted by Gasteiger charge is 2.19. The number of likely N-dealkylation sites (N-methyl/N-ethyl adjacent to an activating group) is 1. The first-order valence-electron chi connectivity index (χ1n) is 8.39. The number of anilines is 2. The lowest BCUT2D eigenvalue weighted by molar-refractivity contribution is 0.102. The molecule has 0 radical (unpaired) electrons. The van der Waals surface area contributed by atoms with Gasteiger partial charge in [0.15, 0.2) is 0 Å². The number of halogens is 1. The fraction of sp³-hybridized carbons (Fsp3) is 0.200. The van der Waals surface area contributed by atoms with Crippen LogP contribution >= 0.6 is 11.6 Å². The minimum absolute atomic E-state index is 0.202. The molecule has 4 nitrogen and oxygen atoms in total. The molecule has 5 heteroatoms. The van der Waals surface area contributed by atoms with Gasteiger partial charge in [-0.1, -0.05) is 23.7 Å². The number of aromatic nitrogens is 1. The van der Waals surface area contributed by atoms with E-state index in [0.717, 1.165) is 30.6 Å². The predicted octanol–water partition coefficient (Wildman–Crippen LogP) is 4.52. The monoisotopic (exact) mass is 351 g/mol. The Labute approximate surface area is 151 Å². The van der Waals surface area contributed by atoms with Crippen LogP contribution in [-0.4, -0.2) is 24.0 Å². The Morgan fingerprint density at radius 1 is 1.28 bits per heavy atom. The molecule has 0 bridgehead atoms. The highest BCUT2D eigenvalue weighted by Crippen LogP contribution is 2.31. The van der Waals surface area contributed by atoms with E-state index in [1.54, 1.807) is 12.3 Å². The topological polar surface area (TPSA) is 45.2 Å². The number of hydrogen-bond acceptors (Lipinski definition) is 3. The van der Waals surface area contributed by atoms with Crippen LogP contribution in [0.1, 0.15) is 22.8 Å². The average Bonchev–Trinajstić information content (AvgIpc) is 3.03. The fourth-order valence-electron chi connectivity index (χ4n) is 3.38. The van der Waals surface area contributed by atoms with Crippen LogP contribution in [-0.2, 0) is 6.42 Å². The lowest BCUT2D eigenvalue weighted by atomic mass is 10.1. The summed E-state index contributed by atoms with van der Waals surface area (Å²) in [6, 6.07) is 13.3. The van der Waals surface area contributed by atoms with Crippen LogP contribution in [0.3, 0.4) is 0 Å². The van der Waals surface area contributed by atoms with Crippen molar-refractivity contribution in [3.8, 4) is 0 Å². The van der Waals surface area contributed by atoms with Gasteiger partial charge in [0.25, 0.3) is 5.91 Å². The van der Waals surface area contributed by atoms with Crippen molar-refractivity contribution in [2.45, 2.75) is 13.3 Å². The molecular formula is C20H18ClN3O. The van der Waals surface area contributed by atoms with Gasteiger partial charge in [-0.25, -0.2) is 0 Å². The molecule has 0 unspecified atom stereocenters. The molecule has 1 aliphatic rings. The molecule has 4 rings (SSSR count). The average molecular weight is 352 g/mol. The number of nitrogens with one attached hydrogen (secondary N) is 1. The summed E-state index contributed by atoms with van der Waals surface area (Å²) in [6.45, 7) is 4.14.